The summed E-state index contributed by atoms with van der Waals surface area (Å²) in [5.41, 5.74) is 5.20. The molecule has 2 saturated heterocycles. The summed E-state index contributed by atoms with van der Waals surface area (Å²) in [7, 11) is 0. The van der Waals surface area contributed by atoms with Crippen LogP contribution in [-0.4, -0.2) is 58.8 Å². The van der Waals surface area contributed by atoms with Gasteiger partial charge >= 0.3 is 6.03 Å². The van der Waals surface area contributed by atoms with Crippen LogP contribution < -0.4 is 21.3 Å². The first-order chi connectivity index (χ1) is 14.9. The molecule has 10 heteroatoms. The summed E-state index contributed by atoms with van der Waals surface area (Å²) < 4.78 is 0. The van der Waals surface area contributed by atoms with Crippen LogP contribution in [0.2, 0.25) is 0 Å². The molecule has 0 radical (unpaired) electrons. The molecule has 1 atom stereocenters. The van der Waals surface area contributed by atoms with E-state index in [4.69, 9.17) is 5.73 Å². The maximum Gasteiger partial charge on any atom is 0.325 e. The van der Waals surface area contributed by atoms with E-state index in [0.29, 0.717) is 25.1 Å². The van der Waals surface area contributed by atoms with E-state index < -0.39 is 11.6 Å². The molecular weight excluding hydrogens is 400 g/mol. The molecule has 4 N–H and O–H groups in total. The molecule has 0 bridgehead atoms. The third-order valence-corrected chi connectivity index (χ3v) is 6.44. The first-order valence-electron chi connectivity index (χ1n) is 10.8. The lowest BCUT2D eigenvalue weighted by atomic mass is 9.97. The number of carbonyl (C=O) groups excluding carboxylic acids is 4. The number of nitrogens with two attached hydrogens (primary N) is 1. The predicted molar refractivity (Wildman–Crippen MR) is 113 cm³/mol. The van der Waals surface area contributed by atoms with Crippen molar-refractivity contribution in [2.24, 2.45) is 11.7 Å². The molecule has 1 aromatic rings. The van der Waals surface area contributed by atoms with Gasteiger partial charge in [-0.1, -0.05) is 12.8 Å². The number of urea groups is 1. The van der Waals surface area contributed by atoms with E-state index in [0.717, 1.165) is 42.9 Å². The van der Waals surface area contributed by atoms with Gasteiger partial charge in [0.15, 0.2) is 0 Å². The molecule has 5 amide bonds. The zero-order valence-electron chi connectivity index (χ0n) is 17.4. The van der Waals surface area contributed by atoms with Crippen molar-refractivity contribution >= 4 is 35.3 Å². The van der Waals surface area contributed by atoms with Gasteiger partial charge in [-0.3, -0.25) is 19.3 Å². The monoisotopic (exact) mass is 428 g/mol. The molecule has 10 nitrogen and oxygen atoms in total. The quantitative estimate of drug-likeness (QED) is 0.578. The zero-order valence-corrected chi connectivity index (χ0v) is 17.4. The first-order valence-corrected chi connectivity index (χ1v) is 10.8. The van der Waals surface area contributed by atoms with Gasteiger partial charge in [-0.2, -0.15) is 0 Å². The van der Waals surface area contributed by atoms with Crippen LogP contribution in [0.5, 0.6) is 0 Å². The second-order valence-corrected chi connectivity index (χ2v) is 8.57. The SMILES string of the molecule is NC(=O)C1CCCN(c2ccc(NC(=O)CCN3C(=O)NC4(CCCC4)C3=O)cn2)C1. The average molecular weight is 428 g/mol. The van der Waals surface area contributed by atoms with Gasteiger partial charge in [-0.15, -0.1) is 0 Å². The van der Waals surface area contributed by atoms with Crippen molar-refractivity contribution < 1.29 is 19.2 Å². The Hall–Kier alpha value is -3.17. The largest absolute Gasteiger partial charge is 0.369 e. The average Bonchev–Trinajstić information content (AvgIpc) is 3.32. The summed E-state index contributed by atoms with van der Waals surface area (Å²) in [6.45, 7) is 1.39. The number of nitrogens with zero attached hydrogens (tertiary/aromatic N) is 3. The summed E-state index contributed by atoms with van der Waals surface area (Å²) in [6.07, 6.45) is 6.40. The fourth-order valence-corrected chi connectivity index (χ4v) is 4.70. The molecule has 1 saturated carbocycles. The lowest BCUT2D eigenvalue weighted by Crippen LogP contribution is -2.44. The van der Waals surface area contributed by atoms with Crippen LogP contribution in [0.15, 0.2) is 18.3 Å². The second kappa shape index (κ2) is 8.52. The van der Waals surface area contributed by atoms with Crippen LogP contribution in [-0.2, 0) is 14.4 Å². The number of primary amides is 1. The smallest absolute Gasteiger partial charge is 0.325 e. The van der Waals surface area contributed by atoms with Crippen molar-refractivity contribution in [1.29, 1.82) is 0 Å². The number of carbonyl (C=O) groups is 4. The van der Waals surface area contributed by atoms with Crippen LogP contribution in [0.3, 0.4) is 0 Å². The molecule has 3 aliphatic rings. The molecule has 31 heavy (non-hydrogen) atoms. The highest BCUT2D eigenvalue weighted by molar-refractivity contribution is 6.07. The fourth-order valence-electron chi connectivity index (χ4n) is 4.70. The van der Waals surface area contributed by atoms with Gasteiger partial charge in [0.05, 0.1) is 17.8 Å². The van der Waals surface area contributed by atoms with E-state index in [1.807, 2.05) is 4.90 Å². The van der Waals surface area contributed by atoms with Crippen molar-refractivity contribution in [3.8, 4) is 0 Å². The lowest BCUT2D eigenvalue weighted by molar-refractivity contribution is -0.131. The van der Waals surface area contributed by atoms with E-state index in [2.05, 4.69) is 15.6 Å². The summed E-state index contributed by atoms with van der Waals surface area (Å²) in [5, 5.41) is 5.56. The van der Waals surface area contributed by atoms with Gasteiger partial charge in [-0.25, -0.2) is 9.78 Å². The number of rotatable bonds is 6. The number of pyridine rings is 1. The van der Waals surface area contributed by atoms with Crippen LogP contribution in [0, 0.1) is 5.92 Å². The molecule has 2 aliphatic heterocycles. The standard InChI is InChI=1S/C21H28N6O4/c22-18(29)14-4-3-10-26(13-14)16-6-5-15(12-23-16)24-17(28)7-11-27-19(30)21(25-20(27)31)8-1-2-9-21/h5-6,12,14H,1-4,7-11,13H2,(H2,22,29)(H,24,28)(H,25,31). The third-order valence-electron chi connectivity index (χ3n) is 6.44. The number of anilines is 2. The topological polar surface area (TPSA) is 138 Å². The normalized spacial score (nSPS) is 22.6. The van der Waals surface area contributed by atoms with E-state index in [-0.39, 0.29) is 36.6 Å². The summed E-state index contributed by atoms with van der Waals surface area (Å²) in [6, 6.07) is 3.12. The van der Waals surface area contributed by atoms with Gasteiger partial charge in [0.1, 0.15) is 11.4 Å². The summed E-state index contributed by atoms with van der Waals surface area (Å²) in [4.78, 5) is 56.2. The molecule has 4 rings (SSSR count). The number of aromatic nitrogens is 1. The number of hydrogen-bond donors (Lipinski definition) is 3. The minimum atomic E-state index is -0.755. The molecule has 166 valence electrons. The van der Waals surface area contributed by atoms with Crippen molar-refractivity contribution in [3.63, 3.8) is 0 Å². The molecule has 0 aromatic carbocycles. The highest BCUT2D eigenvalue weighted by Crippen LogP contribution is 2.35. The van der Waals surface area contributed by atoms with Gasteiger partial charge in [0, 0.05) is 26.1 Å². The molecular formula is C21H28N6O4. The maximum atomic E-state index is 12.6. The highest BCUT2D eigenvalue weighted by Gasteiger charge is 2.52. The zero-order chi connectivity index (χ0) is 22.0. The molecule has 1 spiro atoms. The van der Waals surface area contributed by atoms with Crippen molar-refractivity contribution in [1.82, 2.24) is 15.2 Å². The van der Waals surface area contributed by atoms with E-state index in [1.54, 1.807) is 18.3 Å². The summed E-state index contributed by atoms with van der Waals surface area (Å²) in [5.74, 6) is -0.259. The van der Waals surface area contributed by atoms with Crippen molar-refractivity contribution in [3.05, 3.63) is 18.3 Å². The Bertz CT molecular complexity index is 880. The van der Waals surface area contributed by atoms with E-state index in [9.17, 15) is 19.2 Å². The number of amides is 5. The van der Waals surface area contributed by atoms with Gasteiger partial charge in [-0.05, 0) is 37.8 Å². The lowest BCUT2D eigenvalue weighted by Gasteiger charge is -2.32. The van der Waals surface area contributed by atoms with Crippen molar-refractivity contribution in [2.75, 3.05) is 29.9 Å². The summed E-state index contributed by atoms with van der Waals surface area (Å²) >= 11 is 0. The van der Waals surface area contributed by atoms with Crippen LogP contribution in [0.4, 0.5) is 16.3 Å². The maximum absolute atomic E-state index is 12.6. The van der Waals surface area contributed by atoms with E-state index >= 15 is 0 Å². The Balaban J connectivity index is 1.29. The van der Waals surface area contributed by atoms with E-state index in [1.165, 1.54) is 0 Å². The molecule has 3 fully saturated rings. The number of nitrogens with one attached hydrogen (secondary N) is 2. The molecule has 1 unspecified atom stereocenters. The Morgan fingerprint density at radius 3 is 2.68 bits per heavy atom. The van der Waals surface area contributed by atoms with Crippen molar-refractivity contribution in [2.45, 2.75) is 50.5 Å². The molecule has 3 heterocycles. The number of piperidine rings is 1. The Labute approximate surface area is 180 Å². The van der Waals surface area contributed by atoms with Crippen LogP contribution in [0.25, 0.3) is 0 Å². The minimum Gasteiger partial charge on any atom is -0.369 e. The second-order valence-electron chi connectivity index (χ2n) is 8.57. The van der Waals surface area contributed by atoms with Crippen LogP contribution in [0.1, 0.15) is 44.9 Å². The highest BCUT2D eigenvalue weighted by atomic mass is 16.2. The fraction of sp³-hybridized carbons (Fsp3) is 0.571. The third kappa shape index (κ3) is 4.33. The molecule has 1 aliphatic carbocycles. The van der Waals surface area contributed by atoms with Gasteiger partial charge in [0.2, 0.25) is 11.8 Å². The number of imide groups is 1. The predicted octanol–water partition coefficient (Wildman–Crippen LogP) is 0.976. The number of hydrogen-bond acceptors (Lipinski definition) is 6. The molecule has 1 aromatic heterocycles. The first kappa shape index (κ1) is 21.1. The Morgan fingerprint density at radius 2 is 2.00 bits per heavy atom. The van der Waals surface area contributed by atoms with Crippen LogP contribution >= 0.6 is 0 Å². The Kier molecular flexibility index (Phi) is 5.79. The van der Waals surface area contributed by atoms with Gasteiger partial charge < -0.3 is 21.3 Å². The Morgan fingerprint density at radius 1 is 1.23 bits per heavy atom. The minimum absolute atomic E-state index is 0.0173. The van der Waals surface area contributed by atoms with Gasteiger partial charge in [0.25, 0.3) is 5.91 Å².